The van der Waals surface area contributed by atoms with Crippen molar-refractivity contribution in [2.75, 3.05) is 5.32 Å². The van der Waals surface area contributed by atoms with Gasteiger partial charge in [-0.3, -0.25) is 4.79 Å². The molecule has 0 spiro atoms. The first kappa shape index (κ1) is 13.2. The summed E-state index contributed by atoms with van der Waals surface area (Å²) < 4.78 is 0. The third kappa shape index (κ3) is 3.55. The molecule has 17 heavy (non-hydrogen) atoms. The summed E-state index contributed by atoms with van der Waals surface area (Å²) in [5.41, 5.74) is 0.00421. The molecule has 0 aliphatic heterocycles. The zero-order valence-electron chi connectivity index (χ0n) is 9.93. The lowest BCUT2D eigenvalue weighted by atomic mass is 10.1. The van der Waals surface area contributed by atoms with Crippen LogP contribution in [0.25, 0.3) is 0 Å². The third-order valence-electron chi connectivity index (χ3n) is 2.45. The lowest BCUT2D eigenvalue weighted by Crippen LogP contribution is -2.22. The van der Waals surface area contributed by atoms with Gasteiger partial charge >= 0.3 is 5.97 Å². The Balaban J connectivity index is 2.81. The van der Waals surface area contributed by atoms with Gasteiger partial charge in [0, 0.05) is 12.1 Å². The fraction of sp³-hybridized carbons (Fsp3) is 0.417. The minimum atomic E-state index is -1.10. The monoisotopic (exact) mass is 236 g/mol. The normalized spacial score (nSPS) is 11.9. The molecule has 0 radical (unpaired) electrons. The molecule has 0 bridgehead atoms. The van der Waals surface area contributed by atoms with Gasteiger partial charge in [0.25, 0.3) is 0 Å². The van der Waals surface area contributed by atoms with Crippen molar-refractivity contribution in [1.82, 2.24) is 4.98 Å². The van der Waals surface area contributed by atoms with E-state index in [-0.39, 0.29) is 23.2 Å². The molecule has 1 aromatic heterocycles. The molecular formula is C12H16N2O3. The fourth-order valence-corrected chi connectivity index (χ4v) is 1.48. The first-order valence-electron chi connectivity index (χ1n) is 5.55. The number of pyridine rings is 1. The fourth-order valence-electron chi connectivity index (χ4n) is 1.48. The van der Waals surface area contributed by atoms with Crippen molar-refractivity contribution in [3.63, 3.8) is 0 Å². The molecule has 1 unspecified atom stereocenters. The number of hydrogen-bond donors (Lipinski definition) is 2. The molecule has 92 valence electrons. The van der Waals surface area contributed by atoms with Gasteiger partial charge in [0.2, 0.25) is 5.91 Å². The number of aromatic carboxylic acids is 1. The highest BCUT2D eigenvalue weighted by atomic mass is 16.4. The van der Waals surface area contributed by atoms with Crippen LogP contribution in [-0.2, 0) is 4.79 Å². The molecule has 1 aromatic rings. The molecule has 5 nitrogen and oxygen atoms in total. The van der Waals surface area contributed by atoms with Gasteiger partial charge in [0.15, 0.2) is 0 Å². The van der Waals surface area contributed by atoms with Crippen LogP contribution in [0.2, 0.25) is 0 Å². The zero-order chi connectivity index (χ0) is 12.8. The summed E-state index contributed by atoms with van der Waals surface area (Å²) in [7, 11) is 0. The van der Waals surface area contributed by atoms with E-state index in [1.54, 1.807) is 0 Å². The number of aromatic nitrogens is 1. The van der Waals surface area contributed by atoms with E-state index >= 15 is 0 Å². The van der Waals surface area contributed by atoms with E-state index in [1.165, 1.54) is 18.3 Å². The van der Waals surface area contributed by atoms with E-state index < -0.39 is 5.97 Å². The van der Waals surface area contributed by atoms with Crippen LogP contribution in [0.3, 0.4) is 0 Å². The van der Waals surface area contributed by atoms with Crippen molar-refractivity contribution < 1.29 is 14.7 Å². The van der Waals surface area contributed by atoms with Crippen molar-refractivity contribution in [2.24, 2.45) is 5.92 Å². The number of amides is 1. The highest BCUT2D eigenvalue weighted by Gasteiger charge is 2.16. The molecule has 5 heteroatoms. The second-order valence-corrected chi connectivity index (χ2v) is 3.88. The Morgan fingerprint density at radius 3 is 2.82 bits per heavy atom. The van der Waals surface area contributed by atoms with E-state index in [4.69, 9.17) is 5.11 Å². The van der Waals surface area contributed by atoms with E-state index in [1.807, 2.05) is 13.8 Å². The van der Waals surface area contributed by atoms with Crippen LogP contribution in [0.15, 0.2) is 18.3 Å². The van der Waals surface area contributed by atoms with Gasteiger partial charge in [-0.15, -0.1) is 0 Å². The largest absolute Gasteiger partial charge is 0.478 e. The average Bonchev–Trinajstić information content (AvgIpc) is 2.29. The molecular weight excluding hydrogens is 220 g/mol. The number of nitrogens with zero attached hydrogens (tertiary/aromatic N) is 1. The van der Waals surface area contributed by atoms with Crippen LogP contribution in [0.1, 0.15) is 37.0 Å². The maximum Gasteiger partial charge on any atom is 0.339 e. The topological polar surface area (TPSA) is 79.3 Å². The van der Waals surface area contributed by atoms with Crippen molar-refractivity contribution in [1.29, 1.82) is 0 Å². The Morgan fingerprint density at radius 1 is 1.53 bits per heavy atom. The van der Waals surface area contributed by atoms with E-state index in [0.29, 0.717) is 0 Å². The maximum absolute atomic E-state index is 11.7. The van der Waals surface area contributed by atoms with E-state index in [0.717, 1.165) is 12.8 Å². The number of anilines is 1. The summed E-state index contributed by atoms with van der Waals surface area (Å²) in [6.07, 6.45) is 3.12. The van der Waals surface area contributed by atoms with Crippen LogP contribution < -0.4 is 5.32 Å². The minimum Gasteiger partial charge on any atom is -0.478 e. The predicted molar refractivity (Wildman–Crippen MR) is 63.9 cm³/mol. The molecule has 0 saturated heterocycles. The van der Waals surface area contributed by atoms with Gasteiger partial charge in [0.1, 0.15) is 11.4 Å². The maximum atomic E-state index is 11.7. The third-order valence-corrected chi connectivity index (χ3v) is 2.45. The lowest BCUT2D eigenvalue weighted by Gasteiger charge is -2.11. The molecule has 0 fully saturated rings. The number of nitrogens with one attached hydrogen (secondary N) is 1. The first-order chi connectivity index (χ1) is 8.06. The van der Waals surface area contributed by atoms with E-state index in [9.17, 15) is 9.59 Å². The van der Waals surface area contributed by atoms with Crippen LogP contribution >= 0.6 is 0 Å². The van der Waals surface area contributed by atoms with Crippen LogP contribution in [0, 0.1) is 5.92 Å². The predicted octanol–water partition coefficient (Wildman–Crippen LogP) is 2.15. The zero-order valence-corrected chi connectivity index (χ0v) is 9.93. The molecule has 0 aliphatic carbocycles. The molecule has 1 heterocycles. The first-order valence-corrected chi connectivity index (χ1v) is 5.55. The molecule has 0 aliphatic rings. The SMILES string of the molecule is CCCC(C)C(=O)Nc1ncccc1C(=O)O. The van der Waals surface area contributed by atoms with Crippen LogP contribution in [-0.4, -0.2) is 22.0 Å². The number of carbonyl (C=O) groups excluding carboxylic acids is 1. The van der Waals surface area contributed by atoms with E-state index in [2.05, 4.69) is 10.3 Å². The van der Waals surface area contributed by atoms with Crippen LogP contribution in [0.4, 0.5) is 5.82 Å². The van der Waals surface area contributed by atoms with Crippen molar-refractivity contribution in [3.8, 4) is 0 Å². The standard InChI is InChI=1S/C12H16N2O3/c1-3-5-8(2)11(15)14-10-9(12(16)17)6-4-7-13-10/h4,6-8H,3,5H2,1-2H3,(H,16,17)(H,13,14,15). The Morgan fingerprint density at radius 2 is 2.24 bits per heavy atom. The van der Waals surface area contributed by atoms with Crippen molar-refractivity contribution in [2.45, 2.75) is 26.7 Å². The molecule has 1 rings (SSSR count). The molecule has 0 saturated carbocycles. The highest BCUT2D eigenvalue weighted by molar-refractivity contribution is 5.99. The second-order valence-electron chi connectivity index (χ2n) is 3.88. The van der Waals surface area contributed by atoms with Gasteiger partial charge < -0.3 is 10.4 Å². The molecule has 1 amide bonds. The van der Waals surface area contributed by atoms with Crippen LogP contribution in [0.5, 0.6) is 0 Å². The quantitative estimate of drug-likeness (QED) is 0.821. The summed E-state index contributed by atoms with van der Waals surface area (Å²) >= 11 is 0. The summed E-state index contributed by atoms with van der Waals surface area (Å²) in [4.78, 5) is 26.5. The molecule has 2 N–H and O–H groups in total. The molecule has 0 aromatic carbocycles. The van der Waals surface area contributed by atoms with Gasteiger partial charge in [0.05, 0.1) is 0 Å². The number of rotatable bonds is 5. The number of carboxylic acids is 1. The van der Waals surface area contributed by atoms with Crippen molar-refractivity contribution >= 4 is 17.7 Å². The smallest absolute Gasteiger partial charge is 0.339 e. The summed E-state index contributed by atoms with van der Waals surface area (Å²) in [5.74, 6) is -1.35. The summed E-state index contributed by atoms with van der Waals surface area (Å²) in [6.45, 7) is 3.80. The highest BCUT2D eigenvalue weighted by Crippen LogP contribution is 2.14. The average molecular weight is 236 g/mol. The Kier molecular flexibility index (Phi) is 4.63. The number of hydrogen-bond acceptors (Lipinski definition) is 3. The number of carboxylic acid groups (broad SMARTS) is 1. The summed E-state index contributed by atoms with van der Waals surface area (Å²) in [6, 6.07) is 2.93. The van der Waals surface area contributed by atoms with Gasteiger partial charge in [-0.2, -0.15) is 0 Å². The lowest BCUT2D eigenvalue weighted by molar-refractivity contribution is -0.119. The van der Waals surface area contributed by atoms with Gasteiger partial charge in [-0.1, -0.05) is 20.3 Å². The van der Waals surface area contributed by atoms with Gasteiger partial charge in [-0.25, -0.2) is 9.78 Å². The Labute approximate surface area is 99.9 Å². The Hall–Kier alpha value is -1.91. The Bertz CT molecular complexity index is 418. The summed E-state index contributed by atoms with van der Waals surface area (Å²) in [5, 5.41) is 11.5. The number of carbonyl (C=O) groups is 2. The second kappa shape index (κ2) is 5.98. The van der Waals surface area contributed by atoms with Crippen molar-refractivity contribution in [3.05, 3.63) is 23.9 Å². The molecule has 1 atom stereocenters. The van der Waals surface area contributed by atoms with Gasteiger partial charge in [-0.05, 0) is 18.6 Å². The minimum absolute atomic E-state index is 0.00421.